The summed E-state index contributed by atoms with van der Waals surface area (Å²) in [7, 11) is 1.60. The molecule has 1 aliphatic carbocycles. The predicted octanol–water partition coefficient (Wildman–Crippen LogP) is 3.46. The second kappa shape index (κ2) is 12.3. The first-order valence-electron chi connectivity index (χ1n) is 15.0. The monoisotopic (exact) mass is 622 g/mol. The molecule has 1 aliphatic heterocycles. The zero-order valence-corrected chi connectivity index (χ0v) is 26.3. The van der Waals surface area contributed by atoms with Crippen molar-refractivity contribution >= 4 is 27.5 Å². The van der Waals surface area contributed by atoms with Crippen molar-refractivity contribution in [3.63, 3.8) is 0 Å². The fourth-order valence-electron chi connectivity index (χ4n) is 5.87. The molecule has 0 radical (unpaired) electrons. The Kier molecular flexibility index (Phi) is 8.44. The lowest BCUT2D eigenvalue weighted by molar-refractivity contribution is -0.130. The topological polar surface area (TPSA) is 132 Å². The van der Waals surface area contributed by atoms with Gasteiger partial charge in [-0.1, -0.05) is 29.5 Å². The van der Waals surface area contributed by atoms with Crippen LogP contribution in [-0.4, -0.2) is 62.5 Å². The van der Waals surface area contributed by atoms with Crippen LogP contribution in [0.15, 0.2) is 46.2 Å². The van der Waals surface area contributed by atoms with E-state index >= 15 is 0 Å². The van der Waals surface area contributed by atoms with Crippen LogP contribution in [0.1, 0.15) is 63.2 Å². The molecule has 44 heavy (non-hydrogen) atoms. The summed E-state index contributed by atoms with van der Waals surface area (Å²) >= 11 is 1.26. The maximum Gasteiger partial charge on any atom is 0.333 e. The van der Waals surface area contributed by atoms with Crippen LogP contribution in [0.4, 0.5) is 0 Å². The van der Waals surface area contributed by atoms with Crippen molar-refractivity contribution in [3.05, 3.63) is 68.6 Å². The molecule has 2 aliphatic rings. The number of hydrogen-bond donors (Lipinski definition) is 1. The lowest BCUT2D eigenvalue weighted by Gasteiger charge is -2.33. The van der Waals surface area contributed by atoms with Crippen LogP contribution in [0.2, 0.25) is 0 Å². The molecule has 1 amide bonds. The summed E-state index contributed by atoms with van der Waals surface area (Å²) < 4.78 is 20.6. The van der Waals surface area contributed by atoms with Crippen LogP contribution in [0.5, 0.6) is 5.75 Å². The average Bonchev–Trinajstić information content (AvgIpc) is 3.65. The van der Waals surface area contributed by atoms with Crippen molar-refractivity contribution in [1.82, 2.24) is 29.4 Å². The van der Waals surface area contributed by atoms with Gasteiger partial charge in [-0.3, -0.25) is 14.2 Å². The first-order valence-corrected chi connectivity index (χ1v) is 15.9. The second-order valence-electron chi connectivity index (χ2n) is 11.9. The van der Waals surface area contributed by atoms with E-state index in [2.05, 4.69) is 15.5 Å². The van der Waals surface area contributed by atoms with Crippen LogP contribution >= 0.6 is 11.3 Å². The van der Waals surface area contributed by atoms with Crippen molar-refractivity contribution < 1.29 is 19.0 Å². The van der Waals surface area contributed by atoms with Gasteiger partial charge in [-0.25, -0.2) is 9.36 Å². The van der Waals surface area contributed by atoms with Crippen molar-refractivity contribution in [2.45, 2.75) is 83.2 Å². The van der Waals surface area contributed by atoms with Crippen LogP contribution in [-0.2, 0) is 26.4 Å². The smallest absolute Gasteiger partial charge is 0.333 e. The van der Waals surface area contributed by atoms with Gasteiger partial charge in [-0.05, 0) is 58.9 Å². The molecule has 1 atom stereocenters. The summed E-state index contributed by atoms with van der Waals surface area (Å²) in [4.78, 5) is 44.3. The van der Waals surface area contributed by atoms with Crippen molar-refractivity contribution in [3.8, 4) is 10.8 Å². The molecule has 13 heteroatoms. The molecule has 4 aromatic rings. The Hall–Kier alpha value is -3.81. The van der Waals surface area contributed by atoms with Gasteiger partial charge in [0.05, 0.1) is 37.5 Å². The molecule has 4 heterocycles. The molecule has 0 bridgehead atoms. The van der Waals surface area contributed by atoms with Crippen molar-refractivity contribution in [2.75, 3.05) is 20.3 Å². The Morgan fingerprint density at radius 2 is 1.84 bits per heavy atom. The van der Waals surface area contributed by atoms with E-state index in [0.29, 0.717) is 39.7 Å². The Labute approximate surface area is 258 Å². The minimum atomic E-state index is -1.46. The molecule has 1 aromatic carbocycles. The van der Waals surface area contributed by atoms with E-state index < -0.39 is 22.9 Å². The molecule has 1 N–H and O–H groups in total. The number of thiophene rings is 1. The first kappa shape index (κ1) is 30.2. The van der Waals surface area contributed by atoms with E-state index in [-0.39, 0.29) is 24.6 Å². The number of nitrogens with zero attached hydrogens (tertiary/aromatic N) is 5. The van der Waals surface area contributed by atoms with Gasteiger partial charge >= 0.3 is 5.69 Å². The van der Waals surface area contributed by atoms with E-state index in [1.165, 1.54) is 16.1 Å². The average molecular weight is 623 g/mol. The highest BCUT2D eigenvalue weighted by Gasteiger charge is 2.38. The van der Waals surface area contributed by atoms with E-state index in [9.17, 15) is 14.4 Å². The number of carbonyl (C=O) groups excluding carboxylic acids is 1. The number of benzene rings is 1. The highest BCUT2D eigenvalue weighted by Crippen LogP contribution is 2.35. The van der Waals surface area contributed by atoms with E-state index in [1.54, 1.807) is 37.9 Å². The summed E-state index contributed by atoms with van der Waals surface area (Å²) in [6.45, 7) is 6.32. The van der Waals surface area contributed by atoms with Crippen LogP contribution < -0.4 is 21.3 Å². The maximum absolute atomic E-state index is 14.6. The number of ether oxygens (including phenoxy) is 3. The lowest BCUT2D eigenvalue weighted by atomic mass is 9.91. The summed E-state index contributed by atoms with van der Waals surface area (Å²) in [5.74, 6) is 0.264. The Morgan fingerprint density at radius 1 is 1.14 bits per heavy atom. The molecule has 12 nitrogen and oxygen atoms in total. The number of methoxy groups -OCH3 is 1. The summed E-state index contributed by atoms with van der Waals surface area (Å²) in [6.07, 6.45) is 6.68. The highest BCUT2D eigenvalue weighted by molar-refractivity contribution is 7.21. The van der Waals surface area contributed by atoms with E-state index in [1.807, 2.05) is 31.2 Å². The minimum absolute atomic E-state index is 0.0478. The number of hydrogen-bond acceptors (Lipinski definition) is 9. The fraction of sp³-hybridized carbons (Fsp3) is 0.516. The second-order valence-corrected chi connectivity index (χ2v) is 12.9. The summed E-state index contributed by atoms with van der Waals surface area (Å²) in [5.41, 5.74) is -1.17. The van der Waals surface area contributed by atoms with Gasteiger partial charge in [0.1, 0.15) is 27.2 Å². The molecule has 0 unspecified atom stereocenters. The third-order valence-corrected chi connectivity index (χ3v) is 9.98. The molecule has 1 saturated heterocycles. The number of carbonyl (C=O) groups is 1. The molecular formula is C31H38N6O6S. The van der Waals surface area contributed by atoms with Gasteiger partial charge in [-0.15, -0.1) is 4.80 Å². The third-order valence-electron chi connectivity index (χ3n) is 8.70. The molecule has 234 valence electrons. The highest BCUT2D eigenvalue weighted by atomic mass is 32.1. The number of aromatic nitrogens is 5. The van der Waals surface area contributed by atoms with Crippen molar-refractivity contribution in [2.24, 2.45) is 0 Å². The summed E-state index contributed by atoms with van der Waals surface area (Å²) in [6, 6.07) is 7.62. The molecule has 0 spiro atoms. The Morgan fingerprint density at radius 3 is 2.50 bits per heavy atom. The normalized spacial score (nSPS) is 17.0. The minimum Gasteiger partial charge on any atom is -0.496 e. The predicted molar refractivity (Wildman–Crippen MR) is 166 cm³/mol. The molecule has 6 rings (SSSR count). The van der Waals surface area contributed by atoms with Crippen LogP contribution in [0, 0.1) is 6.92 Å². The number of amides is 1. The standard InChI is InChI=1S/C31H38N6O6S/c1-19-25-26(38)36(31(2,3)29(39)34-20-8-7-9-20)30(40)35(28(25)44-27(19)37-32-14-15-33-37)18-24(43-21-12-16-42-17-13-21)22-10-5-6-11-23(22)41-4/h5-6,10-11,14-15,20-21,24H,7-9,12-13,16-18H2,1-4H3,(H,34,39)/t24-/m0/s1. The number of aryl methyl sites for hydroxylation is 1. The van der Waals surface area contributed by atoms with Gasteiger partial charge in [0.15, 0.2) is 0 Å². The SMILES string of the molecule is COc1ccccc1[C@H](Cn1c(=O)n(C(C)(C)C(=O)NC2CCC2)c(=O)c2c(C)c(-n3nccn3)sc21)OC1CCOCC1. The molecular weight excluding hydrogens is 584 g/mol. The molecule has 2 fully saturated rings. The maximum atomic E-state index is 14.6. The number of nitrogens with one attached hydrogen (secondary N) is 1. The first-order chi connectivity index (χ1) is 21.2. The van der Waals surface area contributed by atoms with Crippen LogP contribution in [0.3, 0.4) is 0 Å². The van der Waals surface area contributed by atoms with E-state index in [4.69, 9.17) is 14.2 Å². The van der Waals surface area contributed by atoms with E-state index in [0.717, 1.165) is 42.2 Å². The van der Waals surface area contributed by atoms with Gasteiger partial charge in [0, 0.05) is 30.4 Å². The van der Waals surface area contributed by atoms with Gasteiger partial charge in [0.25, 0.3) is 5.56 Å². The quantitative estimate of drug-likeness (QED) is 0.285. The largest absolute Gasteiger partial charge is 0.496 e. The number of fused-ring (bicyclic) bond motifs is 1. The summed E-state index contributed by atoms with van der Waals surface area (Å²) in [5, 5.41) is 12.6. The molecule has 3 aromatic heterocycles. The number of rotatable bonds is 10. The molecule has 1 saturated carbocycles. The van der Waals surface area contributed by atoms with Crippen molar-refractivity contribution in [1.29, 1.82) is 0 Å². The number of para-hydroxylation sites is 1. The Bertz CT molecular complexity index is 1760. The lowest BCUT2D eigenvalue weighted by Crippen LogP contribution is -2.57. The third kappa shape index (κ3) is 5.48. The fourth-order valence-corrected chi connectivity index (χ4v) is 7.09. The van der Waals surface area contributed by atoms with Gasteiger partial charge in [0.2, 0.25) is 5.91 Å². The van der Waals surface area contributed by atoms with Gasteiger partial charge < -0.3 is 19.5 Å². The zero-order valence-electron chi connectivity index (χ0n) is 25.4. The Balaban J connectivity index is 1.54. The zero-order chi connectivity index (χ0) is 31.0. The van der Waals surface area contributed by atoms with Crippen LogP contribution in [0.25, 0.3) is 15.2 Å². The van der Waals surface area contributed by atoms with Gasteiger partial charge in [-0.2, -0.15) is 10.2 Å².